The Bertz CT molecular complexity index is 1500. The number of rotatable bonds is 15. The topological polar surface area (TPSA) is 152 Å². The van der Waals surface area contributed by atoms with Gasteiger partial charge < -0.3 is 19.7 Å². The molecular formula is C30H30O10. The molecule has 0 fully saturated rings. The smallest absolute Gasteiger partial charge is 0.339 e. The molecule has 10 heteroatoms. The van der Waals surface area contributed by atoms with Crippen LogP contribution in [0.1, 0.15) is 57.5 Å². The molecule has 0 spiro atoms. The Labute approximate surface area is 229 Å². The van der Waals surface area contributed by atoms with Gasteiger partial charge in [-0.25, -0.2) is 19.4 Å². The summed E-state index contributed by atoms with van der Waals surface area (Å²) in [7, 11) is 0. The number of benzene rings is 4. The molecule has 0 aliphatic rings. The lowest BCUT2D eigenvalue weighted by atomic mass is 10.0. The van der Waals surface area contributed by atoms with Crippen LogP contribution in [-0.2, 0) is 23.0 Å². The lowest BCUT2D eigenvalue weighted by Gasteiger charge is -2.13. The molecule has 0 amide bonds. The minimum absolute atomic E-state index is 0.0144. The molecule has 4 aromatic carbocycles. The summed E-state index contributed by atoms with van der Waals surface area (Å²) >= 11 is 0. The van der Waals surface area contributed by atoms with Crippen LogP contribution in [-0.4, -0.2) is 45.9 Å². The Kier molecular flexibility index (Phi) is 9.87. The summed E-state index contributed by atoms with van der Waals surface area (Å²) in [6.45, 7) is 0.847. The van der Waals surface area contributed by atoms with E-state index in [2.05, 4.69) is 9.78 Å². The summed E-state index contributed by atoms with van der Waals surface area (Å²) in [5.74, 6) is -1.36. The number of unbranched alkanes of at least 4 members (excludes halogenated alkanes) is 3. The summed E-state index contributed by atoms with van der Waals surface area (Å²) < 4.78 is 11.7. The molecule has 0 unspecified atom stereocenters. The van der Waals surface area contributed by atoms with Gasteiger partial charge in [-0.05, 0) is 95.3 Å². The van der Waals surface area contributed by atoms with E-state index in [1.54, 1.807) is 12.1 Å². The first kappa shape index (κ1) is 28.8. The van der Waals surface area contributed by atoms with Crippen LogP contribution in [0.3, 0.4) is 0 Å². The van der Waals surface area contributed by atoms with Crippen molar-refractivity contribution in [2.75, 3.05) is 13.2 Å². The van der Waals surface area contributed by atoms with Crippen molar-refractivity contribution in [3.63, 3.8) is 0 Å². The maximum Gasteiger partial charge on any atom is 0.339 e. The molecule has 4 rings (SSSR count). The second kappa shape index (κ2) is 13.7. The molecule has 0 heterocycles. The lowest BCUT2D eigenvalue weighted by Crippen LogP contribution is -2.05. The Morgan fingerprint density at radius 1 is 0.600 bits per heavy atom. The SMILES string of the molecule is O=C(O)c1ccc2cc(OCCCCCCOc3cc4ccc(COO)cc4cc3COO)c(C(=O)O)cc2c1. The average molecular weight is 551 g/mol. The number of aromatic carboxylic acids is 2. The standard InChI is InChI=1S/C30H30O10/c31-29(32)22-8-7-21-16-28(26(30(33)34)14-24(21)12-22)38-10-4-2-1-3-9-37-27-15-20-6-5-19(17-39-35)11-23(20)13-25(27)18-40-36/h5-8,11-16,35-36H,1-4,9-10,17-18H2,(H,31,32)(H,33,34). The molecule has 0 radical (unpaired) electrons. The van der Waals surface area contributed by atoms with Crippen molar-refractivity contribution in [2.24, 2.45) is 0 Å². The predicted octanol–water partition coefficient (Wildman–Crippen LogP) is 6.39. The van der Waals surface area contributed by atoms with E-state index in [4.69, 9.17) is 20.0 Å². The fourth-order valence-corrected chi connectivity index (χ4v) is 4.47. The maximum absolute atomic E-state index is 11.7. The molecule has 40 heavy (non-hydrogen) atoms. The van der Waals surface area contributed by atoms with Gasteiger partial charge in [-0.15, -0.1) is 0 Å². The lowest BCUT2D eigenvalue weighted by molar-refractivity contribution is -0.253. The number of carboxylic acids is 2. The van der Waals surface area contributed by atoms with Gasteiger partial charge in [0.25, 0.3) is 0 Å². The Morgan fingerprint density at radius 2 is 1.23 bits per heavy atom. The third kappa shape index (κ3) is 7.25. The molecule has 0 atom stereocenters. The van der Waals surface area contributed by atoms with Gasteiger partial charge in [-0.2, -0.15) is 0 Å². The summed E-state index contributed by atoms with van der Waals surface area (Å²) in [5.41, 5.74) is 1.56. The second-order valence-electron chi connectivity index (χ2n) is 9.32. The monoisotopic (exact) mass is 550 g/mol. The molecule has 10 nitrogen and oxygen atoms in total. The van der Waals surface area contributed by atoms with Crippen molar-refractivity contribution in [2.45, 2.75) is 38.9 Å². The summed E-state index contributed by atoms with van der Waals surface area (Å²) in [6.07, 6.45) is 3.22. The van der Waals surface area contributed by atoms with E-state index in [0.29, 0.717) is 41.7 Å². The zero-order valence-electron chi connectivity index (χ0n) is 21.7. The highest BCUT2D eigenvalue weighted by Gasteiger charge is 2.15. The summed E-state index contributed by atoms with van der Waals surface area (Å²) in [5, 5.41) is 39.5. The van der Waals surface area contributed by atoms with Crippen LogP contribution < -0.4 is 9.47 Å². The molecule has 0 bridgehead atoms. The van der Waals surface area contributed by atoms with Crippen LogP contribution in [0.2, 0.25) is 0 Å². The van der Waals surface area contributed by atoms with E-state index >= 15 is 0 Å². The highest BCUT2D eigenvalue weighted by Crippen LogP contribution is 2.29. The Hall–Kier alpha value is -4.22. The summed E-state index contributed by atoms with van der Waals surface area (Å²) in [4.78, 5) is 31.5. The van der Waals surface area contributed by atoms with Gasteiger partial charge in [-0.3, -0.25) is 10.5 Å². The van der Waals surface area contributed by atoms with Gasteiger partial charge in [0.15, 0.2) is 0 Å². The van der Waals surface area contributed by atoms with Crippen molar-refractivity contribution in [3.8, 4) is 11.5 Å². The zero-order chi connectivity index (χ0) is 28.5. The fraction of sp³-hybridized carbons (Fsp3) is 0.267. The van der Waals surface area contributed by atoms with Crippen molar-refractivity contribution >= 4 is 33.5 Å². The minimum Gasteiger partial charge on any atom is -0.493 e. The van der Waals surface area contributed by atoms with E-state index in [1.807, 2.05) is 30.3 Å². The van der Waals surface area contributed by atoms with E-state index in [-0.39, 0.29) is 30.1 Å². The molecule has 0 saturated heterocycles. The number of hydrogen-bond acceptors (Lipinski definition) is 8. The van der Waals surface area contributed by atoms with Crippen LogP contribution in [0.5, 0.6) is 11.5 Å². The average Bonchev–Trinajstić information content (AvgIpc) is 2.94. The Balaban J connectivity index is 1.26. The molecule has 0 saturated carbocycles. The molecular weight excluding hydrogens is 520 g/mol. The van der Waals surface area contributed by atoms with Gasteiger partial charge >= 0.3 is 11.9 Å². The van der Waals surface area contributed by atoms with Gasteiger partial charge in [0.05, 0.1) is 18.8 Å². The predicted molar refractivity (Wildman–Crippen MR) is 146 cm³/mol. The molecule has 210 valence electrons. The van der Waals surface area contributed by atoms with Gasteiger partial charge in [0, 0.05) is 5.56 Å². The van der Waals surface area contributed by atoms with Gasteiger partial charge in [0.1, 0.15) is 30.3 Å². The molecule has 0 aliphatic carbocycles. The van der Waals surface area contributed by atoms with E-state index in [9.17, 15) is 19.8 Å². The number of carbonyl (C=O) groups is 2. The second-order valence-corrected chi connectivity index (χ2v) is 9.32. The third-order valence-corrected chi connectivity index (χ3v) is 6.51. The molecule has 0 aliphatic heterocycles. The van der Waals surface area contributed by atoms with Crippen molar-refractivity contribution < 1.29 is 49.6 Å². The first-order valence-electron chi connectivity index (χ1n) is 12.8. The third-order valence-electron chi connectivity index (χ3n) is 6.51. The van der Waals surface area contributed by atoms with E-state index in [1.165, 1.54) is 18.2 Å². The normalized spacial score (nSPS) is 11.2. The van der Waals surface area contributed by atoms with Crippen LogP contribution in [0.25, 0.3) is 21.5 Å². The summed E-state index contributed by atoms with van der Waals surface area (Å²) in [6, 6.07) is 17.0. The first-order valence-corrected chi connectivity index (χ1v) is 12.8. The minimum atomic E-state index is -1.14. The number of fused-ring (bicyclic) bond motifs is 2. The molecule has 4 aromatic rings. The highest BCUT2D eigenvalue weighted by atomic mass is 17.1. The number of ether oxygens (including phenoxy) is 2. The van der Waals surface area contributed by atoms with Crippen LogP contribution in [0, 0.1) is 0 Å². The van der Waals surface area contributed by atoms with Crippen molar-refractivity contribution in [1.82, 2.24) is 0 Å². The van der Waals surface area contributed by atoms with Crippen LogP contribution in [0.4, 0.5) is 0 Å². The van der Waals surface area contributed by atoms with Crippen LogP contribution in [0.15, 0.2) is 60.7 Å². The van der Waals surface area contributed by atoms with Crippen molar-refractivity contribution in [1.29, 1.82) is 0 Å². The van der Waals surface area contributed by atoms with Gasteiger partial charge in [0.2, 0.25) is 0 Å². The Morgan fingerprint density at radius 3 is 1.88 bits per heavy atom. The molecule has 0 aromatic heterocycles. The highest BCUT2D eigenvalue weighted by molar-refractivity contribution is 6.00. The fourth-order valence-electron chi connectivity index (χ4n) is 4.47. The quantitative estimate of drug-likeness (QED) is 0.0744. The number of carboxylic acid groups (broad SMARTS) is 2. The van der Waals surface area contributed by atoms with E-state index < -0.39 is 11.9 Å². The maximum atomic E-state index is 11.7. The molecule has 4 N–H and O–H groups in total. The largest absolute Gasteiger partial charge is 0.493 e. The van der Waals surface area contributed by atoms with E-state index in [0.717, 1.165) is 35.6 Å². The first-order chi connectivity index (χ1) is 19.4. The van der Waals surface area contributed by atoms with Gasteiger partial charge in [-0.1, -0.05) is 18.2 Å². The number of hydrogen-bond donors (Lipinski definition) is 4. The van der Waals surface area contributed by atoms with Crippen LogP contribution >= 0.6 is 0 Å². The zero-order valence-corrected chi connectivity index (χ0v) is 21.7. The van der Waals surface area contributed by atoms with Crippen molar-refractivity contribution in [3.05, 3.63) is 82.9 Å².